The molecular weight excluding hydrogens is 260 g/mol. The minimum atomic E-state index is 0.337. The minimum absolute atomic E-state index is 0.337. The van der Waals surface area contributed by atoms with E-state index in [1.807, 2.05) is 6.07 Å². The third-order valence-electron chi connectivity index (χ3n) is 4.18. The highest BCUT2D eigenvalue weighted by molar-refractivity contribution is 5.76. The molecule has 0 atom stereocenters. The highest BCUT2D eigenvalue weighted by Crippen LogP contribution is 2.09. The van der Waals surface area contributed by atoms with E-state index < -0.39 is 0 Å². The molecule has 0 radical (unpaired) electrons. The van der Waals surface area contributed by atoms with Crippen LogP contribution in [0.5, 0.6) is 0 Å². The Morgan fingerprint density at radius 2 is 1.90 bits per heavy atom. The summed E-state index contributed by atoms with van der Waals surface area (Å²) < 4.78 is 0. The first-order valence-electron chi connectivity index (χ1n) is 8.33. The Morgan fingerprint density at radius 1 is 1.10 bits per heavy atom. The fourth-order valence-corrected chi connectivity index (χ4v) is 3.01. The van der Waals surface area contributed by atoms with E-state index in [-0.39, 0.29) is 0 Å². The van der Waals surface area contributed by atoms with Crippen LogP contribution in [0.2, 0.25) is 0 Å². The molecule has 0 aliphatic carbocycles. The van der Waals surface area contributed by atoms with Gasteiger partial charge in [-0.05, 0) is 44.3 Å². The van der Waals surface area contributed by atoms with Crippen molar-refractivity contribution in [1.29, 1.82) is 0 Å². The Balaban J connectivity index is 1.70. The Morgan fingerprint density at radius 3 is 2.67 bits per heavy atom. The van der Waals surface area contributed by atoms with Crippen LogP contribution in [0.25, 0.3) is 0 Å². The van der Waals surface area contributed by atoms with Crippen molar-refractivity contribution in [2.75, 3.05) is 32.7 Å². The minimum Gasteiger partial charge on any atom is -0.341 e. The van der Waals surface area contributed by atoms with Crippen LogP contribution >= 0.6 is 0 Å². The van der Waals surface area contributed by atoms with Crippen molar-refractivity contribution >= 4 is 5.91 Å². The number of carbonyl (C=O) groups excluding carboxylic acids is 1. The molecule has 0 aromatic heterocycles. The van der Waals surface area contributed by atoms with Crippen LogP contribution in [0.15, 0.2) is 30.3 Å². The lowest BCUT2D eigenvalue weighted by molar-refractivity contribution is -0.131. The van der Waals surface area contributed by atoms with Crippen molar-refractivity contribution in [2.24, 2.45) is 0 Å². The molecule has 3 heteroatoms. The Hall–Kier alpha value is -1.35. The molecule has 1 fully saturated rings. The smallest absolute Gasteiger partial charge is 0.222 e. The normalized spacial score (nSPS) is 16.7. The lowest BCUT2D eigenvalue weighted by Gasteiger charge is -2.21. The SMILES string of the molecule is CCCN1CCCN(C(=O)CCCc2ccccc2)CC1. The second-order valence-corrected chi connectivity index (χ2v) is 5.92. The maximum absolute atomic E-state index is 12.3. The maximum Gasteiger partial charge on any atom is 0.222 e. The largest absolute Gasteiger partial charge is 0.341 e. The summed E-state index contributed by atoms with van der Waals surface area (Å²) in [5, 5.41) is 0. The topological polar surface area (TPSA) is 23.6 Å². The summed E-state index contributed by atoms with van der Waals surface area (Å²) in [6, 6.07) is 10.4. The molecule has 1 amide bonds. The van der Waals surface area contributed by atoms with Crippen LogP contribution in [-0.2, 0) is 11.2 Å². The second-order valence-electron chi connectivity index (χ2n) is 5.92. The molecule has 2 rings (SSSR count). The van der Waals surface area contributed by atoms with Gasteiger partial charge >= 0.3 is 0 Å². The van der Waals surface area contributed by atoms with Crippen molar-refractivity contribution < 1.29 is 4.79 Å². The Bertz CT molecular complexity index is 418. The highest BCUT2D eigenvalue weighted by atomic mass is 16.2. The van der Waals surface area contributed by atoms with Gasteiger partial charge in [0, 0.05) is 26.1 Å². The number of rotatable bonds is 6. The molecular formula is C18H28N2O. The van der Waals surface area contributed by atoms with Gasteiger partial charge in [0.1, 0.15) is 0 Å². The number of amides is 1. The fourth-order valence-electron chi connectivity index (χ4n) is 3.01. The number of nitrogens with zero attached hydrogens (tertiary/aromatic N) is 2. The summed E-state index contributed by atoms with van der Waals surface area (Å²) in [7, 11) is 0. The fraction of sp³-hybridized carbons (Fsp3) is 0.611. The van der Waals surface area contributed by atoms with Crippen LogP contribution in [0.4, 0.5) is 0 Å². The molecule has 0 unspecified atom stereocenters. The molecule has 3 nitrogen and oxygen atoms in total. The molecule has 1 heterocycles. The quantitative estimate of drug-likeness (QED) is 0.803. The molecule has 1 aromatic carbocycles. The van der Waals surface area contributed by atoms with Crippen molar-refractivity contribution in [3.05, 3.63) is 35.9 Å². The average Bonchev–Trinajstić information content (AvgIpc) is 2.74. The highest BCUT2D eigenvalue weighted by Gasteiger charge is 2.18. The molecule has 116 valence electrons. The summed E-state index contributed by atoms with van der Waals surface area (Å²) in [5.41, 5.74) is 1.33. The second kappa shape index (κ2) is 8.83. The number of aryl methyl sites for hydroxylation is 1. The van der Waals surface area contributed by atoms with Crippen LogP contribution in [-0.4, -0.2) is 48.4 Å². The molecule has 0 spiro atoms. The lowest BCUT2D eigenvalue weighted by Crippen LogP contribution is -2.35. The van der Waals surface area contributed by atoms with Crippen LogP contribution in [0, 0.1) is 0 Å². The Kier molecular flexibility index (Phi) is 6.74. The summed E-state index contributed by atoms with van der Waals surface area (Å²) in [4.78, 5) is 16.9. The predicted molar refractivity (Wildman–Crippen MR) is 87.3 cm³/mol. The van der Waals surface area contributed by atoms with Gasteiger partial charge in [-0.3, -0.25) is 4.79 Å². The van der Waals surface area contributed by atoms with Crippen molar-refractivity contribution in [3.8, 4) is 0 Å². The molecule has 0 saturated carbocycles. The number of benzene rings is 1. The first-order valence-corrected chi connectivity index (χ1v) is 8.33. The van der Waals surface area contributed by atoms with Crippen molar-refractivity contribution in [2.45, 2.75) is 39.0 Å². The van der Waals surface area contributed by atoms with Gasteiger partial charge in [-0.25, -0.2) is 0 Å². The van der Waals surface area contributed by atoms with Gasteiger partial charge in [-0.15, -0.1) is 0 Å². The van der Waals surface area contributed by atoms with Gasteiger partial charge in [0.05, 0.1) is 0 Å². The van der Waals surface area contributed by atoms with Crippen LogP contribution < -0.4 is 0 Å². The van der Waals surface area contributed by atoms with E-state index >= 15 is 0 Å². The zero-order valence-corrected chi connectivity index (χ0v) is 13.3. The van der Waals surface area contributed by atoms with Gasteiger partial charge < -0.3 is 9.80 Å². The summed E-state index contributed by atoms with van der Waals surface area (Å²) >= 11 is 0. The van der Waals surface area contributed by atoms with Crippen LogP contribution in [0.3, 0.4) is 0 Å². The number of hydrogen-bond donors (Lipinski definition) is 0. The van der Waals surface area contributed by atoms with Crippen molar-refractivity contribution in [1.82, 2.24) is 9.80 Å². The summed E-state index contributed by atoms with van der Waals surface area (Å²) in [6.45, 7) is 7.40. The monoisotopic (exact) mass is 288 g/mol. The van der Waals surface area contributed by atoms with Gasteiger partial charge in [0.15, 0.2) is 0 Å². The lowest BCUT2D eigenvalue weighted by atomic mass is 10.1. The molecule has 0 bridgehead atoms. The van der Waals surface area contributed by atoms with E-state index in [2.05, 4.69) is 41.0 Å². The molecule has 1 aromatic rings. The third-order valence-corrected chi connectivity index (χ3v) is 4.18. The van der Waals surface area contributed by atoms with Gasteiger partial charge in [0.25, 0.3) is 0 Å². The zero-order chi connectivity index (χ0) is 14.9. The van der Waals surface area contributed by atoms with Gasteiger partial charge in [-0.1, -0.05) is 37.3 Å². The van der Waals surface area contributed by atoms with Gasteiger partial charge in [-0.2, -0.15) is 0 Å². The maximum atomic E-state index is 12.3. The molecule has 21 heavy (non-hydrogen) atoms. The molecule has 1 aliphatic heterocycles. The summed E-state index contributed by atoms with van der Waals surface area (Å²) in [6.07, 6.45) is 4.96. The molecule has 1 aliphatic rings. The average molecular weight is 288 g/mol. The van der Waals surface area contributed by atoms with Crippen LogP contribution in [0.1, 0.15) is 38.2 Å². The van der Waals surface area contributed by atoms with Gasteiger partial charge in [0.2, 0.25) is 5.91 Å². The number of carbonyl (C=O) groups is 1. The zero-order valence-electron chi connectivity index (χ0n) is 13.3. The van der Waals surface area contributed by atoms with E-state index in [1.165, 1.54) is 12.0 Å². The first kappa shape index (κ1) is 16.0. The van der Waals surface area contributed by atoms with E-state index in [0.717, 1.165) is 52.0 Å². The third kappa shape index (κ3) is 5.50. The first-order chi connectivity index (χ1) is 10.3. The predicted octanol–water partition coefficient (Wildman–Crippen LogP) is 2.95. The summed E-state index contributed by atoms with van der Waals surface area (Å²) in [5.74, 6) is 0.337. The van der Waals surface area contributed by atoms with E-state index in [4.69, 9.17) is 0 Å². The standard InChI is InChI=1S/C18H28N2O/c1-2-12-19-13-7-14-20(16-15-19)18(21)11-6-10-17-8-4-3-5-9-17/h3-5,8-9H,2,6-7,10-16H2,1H3. The number of hydrogen-bond acceptors (Lipinski definition) is 2. The van der Waals surface area contributed by atoms with E-state index in [9.17, 15) is 4.79 Å². The van der Waals surface area contributed by atoms with E-state index in [1.54, 1.807) is 0 Å². The van der Waals surface area contributed by atoms with Crippen molar-refractivity contribution in [3.63, 3.8) is 0 Å². The Labute approximate surface area is 128 Å². The van der Waals surface area contributed by atoms with E-state index in [0.29, 0.717) is 12.3 Å². The molecule has 0 N–H and O–H groups in total. The molecule has 1 saturated heterocycles.